The predicted octanol–water partition coefficient (Wildman–Crippen LogP) is 9.53. The van der Waals surface area contributed by atoms with Gasteiger partial charge < -0.3 is 0 Å². The number of pyridine rings is 2. The Morgan fingerprint density at radius 3 is 1.84 bits per heavy atom. The molecule has 0 fully saturated rings. The molecule has 8 aromatic rings. The van der Waals surface area contributed by atoms with E-state index in [2.05, 4.69) is 113 Å². The van der Waals surface area contributed by atoms with Crippen LogP contribution in [0, 0.1) is 0 Å². The zero-order chi connectivity index (χ0) is 25.1. The lowest BCUT2D eigenvalue weighted by molar-refractivity contribution is 1.33. The summed E-state index contributed by atoms with van der Waals surface area (Å²) in [6.07, 6.45) is 5.67. The molecule has 2 heterocycles. The standard InChI is InChI=1S/C36H22N2/c1-2-20-38-34(6-1)24-9-7-23(8-10-24)28-15-13-25-11-12-26-14-16-31(33-18-17-32(28)35(25)36(26)33)30-5-3-4-27-22-37-21-19-29(27)30/h1-22H. The fourth-order valence-electron chi connectivity index (χ4n) is 6.00. The summed E-state index contributed by atoms with van der Waals surface area (Å²) in [7, 11) is 0. The van der Waals surface area contributed by atoms with Crippen LogP contribution in [-0.4, -0.2) is 9.97 Å². The third kappa shape index (κ3) is 3.14. The van der Waals surface area contributed by atoms with E-state index in [-0.39, 0.29) is 0 Å². The number of hydrogen-bond donors (Lipinski definition) is 0. The third-order valence-electron chi connectivity index (χ3n) is 7.79. The van der Waals surface area contributed by atoms with E-state index < -0.39 is 0 Å². The Kier molecular flexibility index (Phi) is 4.55. The average Bonchev–Trinajstić information content (AvgIpc) is 3.00. The Morgan fingerprint density at radius 1 is 0.395 bits per heavy atom. The van der Waals surface area contributed by atoms with Crippen molar-refractivity contribution >= 4 is 43.1 Å². The van der Waals surface area contributed by atoms with Crippen molar-refractivity contribution in [1.82, 2.24) is 9.97 Å². The summed E-state index contributed by atoms with van der Waals surface area (Å²) < 4.78 is 0. The molecule has 0 bridgehead atoms. The second kappa shape index (κ2) is 8.22. The Bertz CT molecular complexity index is 2100. The Labute approximate surface area is 220 Å². The minimum atomic E-state index is 0.992. The van der Waals surface area contributed by atoms with Gasteiger partial charge >= 0.3 is 0 Å². The average molecular weight is 483 g/mol. The van der Waals surface area contributed by atoms with Crippen LogP contribution in [0.2, 0.25) is 0 Å². The molecule has 0 aliphatic heterocycles. The second-order valence-corrected chi connectivity index (χ2v) is 9.84. The highest BCUT2D eigenvalue weighted by Gasteiger charge is 2.16. The van der Waals surface area contributed by atoms with E-state index in [0.717, 1.165) is 16.6 Å². The first-order chi connectivity index (χ1) is 18.8. The van der Waals surface area contributed by atoms with Crippen molar-refractivity contribution in [1.29, 1.82) is 0 Å². The Morgan fingerprint density at radius 2 is 1.08 bits per heavy atom. The van der Waals surface area contributed by atoms with E-state index >= 15 is 0 Å². The molecule has 2 aromatic heterocycles. The minimum Gasteiger partial charge on any atom is -0.264 e. The molecular weight excluding hydrogens is 460 g/mol. The number of benzene rings is 6. The van der Waals surface area contributed by atoms with Gasteiger partial charge in [0.15, 0.2) is 0 Å². The normalized spacial score (nSPS) is 11.7. The molecule has 8 rings (SSSR count). The molecule has 176 valence electrons. The van der Waals surface area contributed by atoms with Crippen molar-refractivity contribution in [3.8, 4) is 33.5 Å². The highest BCUT2D eigenvalue weighted by atomic mass is 14.7. The van der Waals surface area contributed by atoms with Gasteiger partial charge in [-0.1, -0.05) is 97.1 Å². The first kappa shape index (κ1) is 21.0. The van der Waals surface area contributed by atoms with Crippen LogP contribution < -0.4 is 0 Å². The molecule has 2 nitrogen and oxygen atoms in total. The molecule has 0 spiro atoms. The van der Waals surface area contributed by atoms with Crippen molar-refractivity contribution in [2.24, 2.45) is 0 Å². The van der Waals surface area contributed by atoms with Gasteiger partial charge in [0, 0.05) is 29.5 Å². The zero-order valence-electron chi connectivity index (χ0n) is 20.6. The monoisotopic (exact) mass is 482 g/mol. The van der Waals surface area contributed by atoms with Gasteiger partial charge in [-0.2, -0.15) is 0 Å². The van der Waals surface area contributed by atoms with E-state index in [1.165, 1.54) is 60.0 Å². The highest BCUT2D eigenvalue weighted by molar-refractivity contribution is 6.28. The number of hydrogen-bond acceptors (Lipinski definition) is 2. The largest absolute Gasteiger partial charge is 0.264 e. The van der Waals surface area contributed by atoms with E-state index in [0.29, 0.717) is 0 Å². The molecular formula is C36H22N2. The fourth-order valence-corrected chi connectivity index (χ4v) is 6.00. The van der Waals surface area contributed by atoms with E-state index in [9.17, 15) is 0 Å². The van der Waals surface area contributed by atoms with Gasteiger partial charge in [0.05, 0.1) is 5.69 Å². The van der Waals surface area contributed by atoms with Gasteiger partial charge in [0.2, 0.25) is 0 Å². The van der Waals surface area contributed by atoms with Crippen LogP contribution in [0.1, 0.15) is 0 Å². The zero-order valence-corrected chi connectivity index (χ0v) is 20.6. The lowest BCUT2D eigenvalue weighted by Crippen LogP contribution is -1.90. The van der Waals surface area contributed by atoms with Crippen molar-refractivity contribution in [2.45, 2.75) is 0 Å². The number of nitrogens with zero attached hydrogens (tertiary/aromatic N) is 2. The van der Waals surface area contributed by atoms with Crippen LogP contribution >= 0.6 is 0 Å². The number of fused-ring (bicyclic) bond motifs is 1. The maximum absolute atomic E-state index is 4.51. The second-order valence-electron chi connectivity index (χ2n) is 9.84. The Balaban J connectivity index is 1.36. The first-order valence-corrected chi connectivity index (χ1v) is 12.9. The lowest BCUT2D eigenvalue weighted by atomic mass is 9.86. The van der Waals surface area contributed by atoms with E-state index in [1.54, 1.807) is 0 Å². The van der Waals surface area contributed by atoms with Crippen molar-refractivity contribution < 1.29 is 0 Å². The van der Waals surface area contributed by atoms with Crippen molar-refractivity contribution in [3.05, 3.63) is 134 Å². The molecule has 0 saturated carbocycles. The van der Waals surface area contributed by atoms with Gasteiger partial charge in [-0.05, 0) is 78.2 Å². The van der Waals surface area contributed by atoms with Crippen LogP contribution in [0.15, 0.2) is 134 Å². The molecule has 0 N–H and O–H groups in total. The molecule has 0 aliphatic carbocycles. The lowest BCUT2D eigenvalue weighted by Gasteiger charge is -2.17. The van der Waals surface area contributed by atoms with Crippen LogP contribution in [0.25, 0.3) is 76.6 Å². The maximum Gasteiger partial charge on any atom is 0.0701 e. The first-order valence-electron chi connectivity index (χ1n) is 12.9. The molecule has 0 saturated heterocycles. The topological polar surface area (TPSA) is 25.8 Å². The van der Waals surface area contributed by atoms with Gasteiger partial charge in [0.25, 0.3) is 0 Å². The summed E-state index contributed by atoms with van der Waals surface area (Å²) in [5, 5.41) is 10.2. The molecule has 0 radical (unpaired) electrons. The fraction of sp³-hybridized carbons (Fsp3) is 0. The maximum atomic E-state index is 4.51. The molecule has 0 amide bonds. The van der Waals surface area contributed by atoms with Crippen LogP contribution in [0.5, 0.6) is 0 Å². The molecule has 38 heavy (non-hydrogen) atoms. The summed E-state index contributed by atoms with van der Waals surface area (Å²) in [4.78, 5) is 8.84. The van der Waals surface area contributed by atoms with E-state index in [1.807, 2.05) is 30.7 Å². The number of aromatic nitrogens is 2. The van der Waals surface area contributed by atoms with Gasteiger partial charge in [-0.3, -0.25) is 9.97 Å². The molecule has 0 aliphatic rings. The molecule has 0 atom stereocenters. The van der Waals surface area contributed by atoms with E-state index in [4.69, 9.17) is 0 Å². The quantitative estimate of drug-likeness (QED) is 0.234. The van der Waals surface area contributed by atoms with Crippen LogP contribution in [0.4, 0.5) is 0 Å². The smallest absolute Gasteiger partial charge is 0.0701 e. The predicted molar refractivity (Wildman–Crippen MR) is 160 cm³/mol. The Hall–Kier alpha value is -5.08. The van der Waals surface area contributed by atoms with Gasteiger partial charge in [0.1, 0.15) is 0 Å². The summed E-state index contributed by atoms with van der Waals surface area (Å²) >= 11 is 0. The molecule has 0 unspecified atom stereocenters. The van der Waals surface area contributed by atoms with Crippen molar-refractivity contribution in [3.63, 3.8) is 0 Å². The molecule has 6 aromatic carbocycles. The third-order valence-corrected chi connectivity index (χ3v) is 7.79. The minimum absolute atomic E-state index is 0.992. The summed E-state index contributed by atoms with van der Waals surface area (Å²) in [5.74, 6) is 0. The SMILES string of the molecule is c1ccc(-c2ccc(-c3ccc4ccc5ccc(-c6cccc7cnccc67)c6ccc3c4c56)cc2)nc1. The van der Waals surface area contributed by atoms with Crippen LogP contribution in [-0.2, 0) is 0 Å². The number of rotatable bonds is 3. The summed E-state index contributed by atoms with van der Waals surface area (Å²) in [5.41, 5.74) is 7.08. The highest BCUT2D eigenvalue weighted by Crippen LogP contribution is 2.43. The van der Waals surface area contributed by atoms with Crippen molar-refractivity contribution in [2.75, 3.05) is 0 Å². The molecule has 2 heteroatoms. The summed E-state index contributed by atoms with van der Waals surface area (Å²) in [6.45, 7) is 0. The van der Waals surface area contributed by atoms with Gasteiger partial charge in [-0.15, -0.1) is 0 Å². The van der Waals surface area contributed by atoms with Crippen LogP contribution in [0.3, 0.4) is 0 Å². The summed E-state index contributed by atoms with van der Waals surface area (Å²) in [6, 6.07) is 41.6. The van der Waals surface area contributed by atoms with Gasteiger partial charge in [-0.25, -0.2) is 0 Å².